The van der Waals surface area contributed by atoms with E-state index >= 15 is 0 Å². The topological polar surface area (TPSA) is 75.9 Å². The van der Waals surface area contributed by atoms with Crippen molar-refractivity contribution in [3.8, 4) is 0 Å². The molecule has 1 fully saturated rings. The van der Waals surface area contributed by atoms with Crippen LogP contribution in [0.15, 0.2) is 40.0 Å². The quantitative estimate of drug-likeness (QED) is 0.192. The Morgan fingerprint density at radius 3 is 2.70 bits per heavy atom. The van der Waals surface area contributed by atoms with Gasteiger partial charge in [-0.2, -0.15) is 0 Å². The highest BCUT2D eigenvalue weighted by Gasteiger charge is 2.27. The third-order valence-corrected chi connectivity index (χ3v) is 4.44. The van der Waals surface area contributed by atoms with Crippen LogP contribution in [0.2, 0.25) is 0 Å². The van der Waals surface area contributed by atoms with E-state index in [1.165, 1.54) is 0 Å². The summed E-state index contributed by atoms with van der Waals surface area (Å²) < 4.78 is 10.5. The van der Waals surface area contributed by atoms with Crippen molar-refractivity contribution in [1.82, 2.24) is 10.6 Å². The molecule has 1 heterocycles. The fourth-order valence-corrected chi connectivity index (χ4v) is 3.05. The average Bonchev–Trinajstić information content (AvgIpc) is 3.13. The summed E-state index contributed by atoms with van der Waals surface area (Å²) in [5.41, 5.74) is 1.02. The number of ether oxygens (including phenoxy) is 1. The van der Waals surface area contributed by atoms with E-state index in [0.717, 1.165) is 55.9 Å². The highest BCUT2D eigenvalue weighted by Crippen LogP contribution is 2.25. The van der Waals surface area contributed by atoms with Gasteiger partial charge in [-0.25, -0.2) is 4.99 Å². The SMILES string of the molecule is C=C(C)CN=C(NCCc1ccco1)NC1CCC(C(=O)OCC)CC1.I. The predicted octanol–water partition coefficient (Wildman–Crippen LogP) is 3.67. The van der Waals surface area contributed by atoms with Gasteiger partial charge < -0.3 is 19.8 Å². The Balaban J connectivity index is 0.00000364. The molecule has 152 valence electrons. The van der Waals surface area contributed by atoms with Gasteiger partial charge in [0.15, 0.2) is 5.96 Å². The van der Waals surface area contributed by atoms with Crippen molar-refractivity contribution < 1.29 is 13.9 Å². The van der Waals surface area contributed by atoms with Gasteiger partial charge in [-0.3, -0.25) is 4.79 Å². The van der Waals surface area contributed by atoms with Crippen LogP contribution in [0.1, 0.15) is 45.3 Å². The summed E-state index contributed by atoms with van der Waals surface area (Å²) >= 11 is 0. The summed E-state index contributed by atoms with van der Waals surface area (Å²) in [4.78, 5) is 16.5. The Morgan fingerprint density at radius 2 is 2.11 bits per heavy atom. The number of nitrogens with zero attached hydrogens (tertiary/aromatic N) is 1. The first kappa shape index (κ1) is 23.5. The minimum atomic E-state index is -0.0568. The van der Waals surface area contributed by atoms with Gasteiger partial charge >= 0.3 is 5.97 Å². The third-order valence-electron chi connectivity index (χ3n) is 4.44. The standard InChI is InChI=1S/C20H31N3O3.HI/c1-4-25-19(24)16-7-9-17(10-8-16)23-20(22-14-15(2)3)21-12-11-18-6-5-13-26-18;/h5-6,13,16-17H,2,4,7-12,14H2,1,3H3,(H2,21,22,23);1H. The molecule has 0 radical (unpaired) electrons. The van der Waals surface area contributed by atoms with E-state index in [-0.39, 0.29) is 35.9 Å². The Bertz CT molecular complexity index is 594. The first-order valence-electron chi connectivity index (χ1n) is 9.46. The summed E-state index contributed by atoms with van der Waals surface area (Å²) in [5.74, 6) is 1.72. The lowest BCUT2D eigenvalue weighted by atomic mass is 9.86. The van der Waals surface area contributed by atoms with Gasteiger partial charge in [-0.05, 0) is 51.7 Å². The van der Waals surface area contributed by atoms with Gasteiger partial charge in [0.2, 0.25) is 0 Å². The number of hydrogen-bond acceptors (Lipinski definition) is 4. The average molecular weight is 489 g/mol. The van der Waals surface area contributed by atoms with E-state index < -0.39 is 0 Å². The molecule has 2 N–H and O–H groups in total. The highest BCUT2D eigenvalue weighted by molar-refractivity contribution is 14.0. The van der Waals surface area contributed by atoms with Crippen LogP contribution in [0.5, 0.6) is 0 Å². The first-order valence-corrected chi connectivity index (χ1v) is 9.46. The van der Waals surface area contributed by atoms with E-state index in [0.29, 0.717) is 19.2 Å². The largest absolute Gasteiger partial charge is 0.469 e. The molecule has 0 saturated heterocycles. The molecule has 0 bridgehead atoms. The third kappa shape index (κ3) is 8.81. The molecular formula is C20H32IN3O3. The number of nitrogens with one attached hydrogen (secondary N) is 2. The minimum absolute atomic E-state index is 0. The maximum atomic E-state index is 11.9. The van der Waals surface area contributed by atoms with E-state index in [2.05, 4.69) is 22.2 Å². The van der Waals surface area contributed by atoms with Crippen molar-refractivity contribution in [3.63, 3.8) is 0 Å². The van der Waals surface area contributed by atoms with E-state index in [1.54, 1.807) is 6.26 Å². The fourth-order valence-electron chi connectivity index (χ4n) is 3.05. The summed E-state index contributed by atoms with van der Waals surface area (Å²) in [5, 5.41) is 6.86. The zero-order valence-electron chi connectivity index (χ0n) is 16.3. The Labute approximate surface area is 179 Å². The Hall–Kier alpha value is -1.51. The molecule has 0 spiro atoms. The molecule has 1 aliphatic carbocycles. The second-order valence-corrected chi connectivity index (χ2v) is 6.82. The molecule has 1 aliphatic rings. The molecular weight excluding hydrogens is 457 g/mol. The van der Waals surface area contributed by atoms with Crippen molar-refractivity contribution in [3.05, 3.63) is 36.3 Å². The van der Waals surface area contributed by atoms with E-state index in [1.807, 2.05) is 26.0 Å². The molecule has 7 heteroatoms. The lowest BCUT2D eigenvalue weighted by Crippen LogP contribution is -2.46. The molecule has 1 aromatic heterocycles. The van der Waals surface area contributed by atoms with Crippen LogP contribution in [0, 0.1) is 5.92 Å². The zero-order valence-corrected chi connectivity index (χ0v) is 18.7. The van der Waals surface area contributed by atoms with Gasteiger partial charge in [0, 0.05) is 19.0 Å². The van der Waals surface area contributed by atoms with Crippen LogP contribution < -0.4 is 10.6 Å². The fraction of sp³-hybridized carbons (Fsp3) is 0.600. The van der Waals surface area contributed by atoms with Crippen LogP contribution in [-0.4, -0.2) is 37.7 Å². The molecule has 2 rings (SSSR count). The van der Waals surface area contributed by atoms with Crippen LogP contribution in [0.25, 0.3) is 0 Å². The summed E-state index contributed by atoms with van der Waals surface area (Å²) in [7, 11) is 0. The predicted molar refractivity (Wildman–Crippen MR) is 118 cm³/mol. The molecule has 1 aromatic rings. The van der Waals surface area contributed by atoms with Crippen LogP contribution >= 0.6 is 24.0 Å². The number of furan rings is 1. The van der Waals surface area contributed by atoms with Gasteiger partial charge in [0.05, 0.1) is 25.3 Å². The number of esters is 1. The molecule has 0 amide bonds. The van der Waals surface area contributed by atoms with Crippen molar-refractivity contribution in [2.45, 2.75) is 52.0 Å². The maximum absolute atomic E-state index is 11.9. The van der Waals surface area contributed by atoms with Gasteiger partial charge in [0.1, 0.15) is 5.76 Å². The second kappa shape index (κ2) is 12.8. The molecule has 0 unspecified atom stereocenters. The minimum Gasteiger partial charge on any atom is -0.469 e. The normalized spacial score (nSPS) is 19.7. The van der Waals surface area contributed by atoms with E-state index in [4.69, 9.17) is 9.15 Å². The Kier molecular flexibility index (Phi) is 11.2. The molecule has 0 atom stereocenters. The number of guanidine groups is 1. The molecule has 0 aliphatic heterocycles. The number of carbonyl (C=O) groups excluding carboxylic acids is 1. The lowest BCUT2D eigenvalue weighted by molar-refractivity contribution is -0.149. The van der Waals surface area contributed by atoms with Crippen molar-refractivity contribution in [1.29, 1.82) is 0 Å². The number of hydrogen-bond donors (Lipinski definition) is 2. The molecule has 1 saturated carbocycles. The first-order chi connectivity index (χ1) is 12.6. The second-order valence-electron chi connectivity index (χ2n) is 6.82. The monoisotopic (exact) mass is 489 g/mol. The summed E-state index contributed by atoms with van der Waals surface area (Å²) in [6, 6.07) is 4.18. The van der Waals surface area contributed by atoms with Crippen molar-refractivity contribution in [2.24, 2.45) is 10.9 Å². The number of rotatable bonds is 8. The van der Waals surface area contributed by atoms with Crippen molar-refractivity contribution in [2.75, 3.05) is 19.7 Å². The highest BCUT2D eigenvalue weighted by atomic mass is 127. The van der Waals surface area contributed by atoms with Gasteiger partial charge in [-0.1, -0.05) is 12.2 Å². The summed E-state index contributed by atoms with van der Waals surface area (Å²) in [6.07, 6.45) is 6.08. The lowest BCUT2D eigenvalue weighted by Gasteiger charge is -2.29. The zero-order chi connectivity index (χ0) is 18.8. The number of halogens is 1. The van der Waals surface area contributed by atoms with Crippen LogP contribution in [0.3, 0.4) is 0 Å². The smallest absolute Gasteiger partial charge is 0.308 e. The number of carbonyl (C=O) groups is 1. The summed E-state index contributed by atoms with van der Waals surface area (Å²) in [6.45, 7) is 9.52. The molecule has 0 aromatic carbocycles. The van der Waals surface area contributed by atoms with Crippen molar-refractivity contribution >= 4 is 35.9 Å². The van der Waals surface area contributed by atoms with Gasteiger partial charge in [-0.15, -0.1) is 24.0 Å². The molecule has 27 heavy (non-hydrogen) atoms. The van der Waals surface area contributed by atoms with E-state index in [9.17, 15) is 4.79 Å². The maximum Gasteiger partial charge on any atom is 0.308 e. The molecule has 6 nitrogen and oxygen atoms in total. The van der Waals surface area contributed by atoms with Crippen LogP contribution in [0.4, 0.5) is 0 Å². The van der Waals surface area contributed by atoms with Crippen LogP contribution in [-0.2, 0) is 16.0 Å². The van der Waals surface area contributed by atoms with Gasteiger partial charge in [0.25, 0.3) is 0 Å². The number of aliphatic imine (C=N–C) groups is 1. The Morgan fingerprint density at radius 1 is 1.37 bits per heavy atom.